The molecule has 7 aromatic rings. The van der Waals surface area contributed by atoms with Crippen LogP contribution in [0.3, 0.4) is 0 Å². The van der Waals surface area contributed by atoms with Gasteiger partial charge in [-0.15, -0.1) is 34.0 Å². The molecule has 0 saturated heterocycles. The van der Waals surface area contributed by atoms with E-state index in [4.69, 9.17) is 0 Å². The number of rotatable bonds is 21. The first-order chi connectivity index (χ1) is 29.6. The van der Waals surface area contributed by atoms with Crippen molar-refractivity contribution in [3.8, 4) is 35.6 Å². The van der Waals surface area contributed by atoms with Crippen molar-refractivity contribution in [1.29, 1.82) is 0 Å². The molecule has 0 aliphatic rings. The van der Waals surface area contributed by atoms with Crippen LogP contribution in [-0.2, 0) is 24.1 Å². The molecule has 0 aliphatic carbocycles. The van der Waals surface area contributed by atoms with Gasteiger partial charge in [-0.2, -0.15) is 13.2 Å². The lowest BCUT2D eigenvalue weighted by Crippen LogP contribution is -2.19. The summed E-state index contributed by atoms with van der Waals surface area (Å²) in [5.41, 5.74) is 6.82. The lowest BCUT2D eigenvalue weighted by Gasteiger charge is -2.08. The first-order valence-corrected chi connectivity index (χ1v) is 24.6. The number of fused-ring (bicyclic) bond motifs is 3. The molecule has 0 unspecified atom stereocenters. The van der Waals surface area contributed by atoms with Crippen LogP contribution in [0.4, 0.5) is 13.2 Å². The SMILES string of the molecule is CCCCCCc1cc(-c2sc(-c3sc(/C=C(/C(=O)O)C(F)(F)F)cc3CCCCCC)cc2CCCCCC)sc1-c1ccc2c(c1)c1ccccc1n2-c1ccccc1. The second-order valence-corrected chi connectivity index (χ2v) is 19.3. The summed E-state index contributed by atoms with van der Waals surface area (Å²) in [7, 11) is 0. The molecule has 3 nitrogen and oxygen atoms in total. The normalized spacial score (nSPS) is 12.3. The number of nitrogens with zero attached hydrogens (tertiary/aromatic N) is 1. The third-order valence-corrected chi connectivity index (χ3v) is 15.5. The molecule has 0 radical (unpaired) electrons. The number of benzene rings is 3. The highest BCUT2D eigenvalue weighted by molar-refractivity contribution is 7.27. The largest absolute Gasteiger partial charge is 0.478 e. The van der Waals surface area contributed by atoms with Gasteiger partial charge in [0.25, 0.3) is 0 Å². The Labute approximate surface area is 370 Å². The van der Waals surface area contributed by atoms with E-state index in [-0.39, 0.29) is 0 Å². The molecule has 7 rings (SSSR count). The number of carboxylic acids is 1. The molecule has 0 amide bonds. The lowest BCUT2D eigenvalue weighted by molar-refractivity contribution is -0.144. The average molecular weight is 880 g/mol. The molecular formula is C52H56F3NO2S3. The van der Waals surface area contributed by atoms with Gasteiger partial charge in [0.2, 0.25) is 0 Å². The molecule has 61 heavy (non-hydrogen) atoms. The molecule has 0 fully saturated rings. The maximum absolute atomic E-state index is 13.8. The van der Waals surface area contributed by atoms with E-state index >= 15 is 0 Å². The number of halogens is 3. The van der Waals surface area contributed by atoms with Crippen molar-refractivity contribution in [3.63, 3.8) is 0 Å². The van der Waals surface area contributed by atoms with E-state index in [1.165, 1.54) is 90.1 Å². The van der Waals surface area contributed by atoms with Crippen molar-refractivity contribution in [2.75, 3.05) is 0 Å². The van der Waals surface area contributed by atoms with E-state index in [2.05, 4.69) is 110 Å². The summed E-state index contributed by atoms with van der Waals surface area (Å²) >= 11 is 4.89. The Morgan fingerprint density at radius 1 is 0.590 bits per heavy atom. The van der Waals surface area contributed by atoms with E-state index in [0.29, 0.717) is 4.88 Å². The predicted molar refractivity (Wildman–Crippen MR) is 256 cm³/mol. The smallest absolute Gasteiger partial charge is 0.423 e. The minimum absolute atomic E-state index is 0.325. The van der Waals surface area contributed by atoms with Crippen molar-refractivity contribution in [3.05, 3.63) is 118 Å². The molecule has 1 N–H and O–H groups in total. The molecule has 3 aromatic carbocycles. The van der Waals surface area contributed by atoms with Gasteiger partial charge in [0.05, 0.1) is 11.0 Å². The van der Waals surface area contributed by atoms with Crippen molar-refractivity contribution >= 4 is 67.9 Å². The Hall–Kier alpha value is -4.44. The minimum atomic E-state index is -4.95. The Kier molecular flexibility index (Phi) is 15.1. The number of hydrogen-bond acceptors (Lipinski definition) is 4. The second kappa shape index (κ2) is 20.6. The van der Waals surface area contributed by atoms with E-state index in [1.54, 1.807) is 17.4 Å². The molecule has 0 bridgehead atoms. The predicted octanol–water partition coefficient (Wildman–Crippen LogP) is 17.4. The molecule has 0 atom stereocenters. The third kappa shape index (κ3) is 10.4. The molecule has 0 spiro atoms. The summed E-state index contributed by atoms with van der Waals surface area (Å²) in [6, 6.07) is 32.6. The van der Waals surface area contributed by atoms with Crippen LogP contribution in [0.1, 0.15) is 119 Å². The van der Waals surface area contributed by atoms with Gasteiger partial charge in [-0.05, 0) is 115 Å². The Balaban J connectivity index is 1.35. The summed E-state index contributed by atoms with van der Waals surface area (Å²) in [6.45, 7) is 6.63. The zero-order valence-corrected chi connectivity index (χ0v) is 38.0. The zero-order chi connectivity index (χ0) is 42.9. The van der Waals surface area contributed by atoms with Crippen LogP contribution in [0.5, 0.6) is 0 Å². The zero-order valence-electron chi connectivity index (χ0n) is 35.5. The van der Waals surface area contributed by atoms with Crippen LogP contribution in [0, 0.1) is 0 Å². The first kappa shape index (κ1) is 44.6. The average Bonchev–Trinajstić information content (AvgIpc) is 4.04. The van der Waals surface area contributed by atoms with Crippen LogP contribution >= 0.6 is 34.0 Å². The standard InChI is InChI=1S/C52H56F3NO2S3/c1-4-7-10-14-21-35-30-40(34-43(51(57)58)52(53,54)55)59-49(35)46-33-37(23-16-12-9-6-3)50(61-46)47-32-36(22-15-11-8-5-2)48(60-47)38-28-29-45-42(31-38)41-26-19-20-27-44(41)56(45)39-24-17-13-18-25-39/h13,17-20,24-34H,4-12,14-16,21-23H2,1-3H3,(H,57,58)/b43-34-. The number of alkyl halides is 3. The van der Waals surface area contributed by atoms with E-state index in [9.17, 15) is 23.1 Å². The highest BCUT2D eigenvalue weighted by atomic mass is 32.1. The number of carbonyl (C=O) groups is 1. The lowest BCUT2D eigenvalue weighted by atomic mass is 10.0. The van der Waals surface area contributed by atoms with Gasteiger partial charge < -0.3 is 9.67 Å². The fraction of sp³-hybridized carbons (Fsp3) is 0.365. The Morgan fingerprint density at radius 3 is 1.70 bits per heavy atom. The van der Waals surface area contributed by atoms with Gasteiger partial charge in [-0.1, -0.05) is 121 Å². The third-order valence-electron chi connectivity index (χ3n) is 11.6. The first-order valence-electron chi connectivity index (χ1n) is 22.1. The topological polar surface area (TPSA) is 42.2 Å². The molecule has 9 heteroatoms. The van der Waals surface area contributed by atoms with Crippen LogP contribution in [0.15, 0.2) is 96.6 Å². The van der Waals surface area contributed by atoms with Crippen molar-refractivity contribution in [2.24, 2.45) is 0 Å². The highest BCUT2D eigenvalue weighted by Crippen LogP contribution is 2.49. The van der Waals surface area contributed by atoms with E-state index in [0.717, 1.165) is 97.7 Å². The number of hydrogen-bond donors (Lipinski definition) is 1. The van der Waals surface area contributed by atoms with Gasteiger partial charge in [0.15, 0.2) is 0 Å². The molecule has 4 aromatic heterocycles. The Bertz CT molecular complexity index is 2590. The maximum Gasteiger partial charge on any atom is 0.423 e. The van der Waals surface area contributed by atoms with E-state index in [1.807, 2.05) is 11.3 Å². The van der Waals surface area contributed by atoms with Gasteiger partial charge in [0, 0.05) is 45.7 Å². The molecule has 0 aliphatic heterocycles. The van der Waals surface area contributed by atoms with Crippen LogP contribution < -0.4 is 0 Å². The molecular weight excluding hydrogens is 824 g/mol. The van der Waals surface area contributed by atoms with Gasteiger partial charge in [-0.25, -0.2) is 4.79 Å². The fourth-order valence-corrected chi connectivity index (χ4v) is 12.3. The number of aliphatic carboxylic acids is 1. The number of carboxylic acid groups (broad SMARTS) is 1. The van der Waals surface area contributed by atoms with Crippen molar-refractivity contribution < 1.29 is 23.1 Å². The summed E-state index contributed by atoms with van der Waals surface area (Å²) in [6.07, 6.45) is 11.9. The minimum Gasteiger partial charge on any atom is -0.478 e. The van der Waals surface area contributed by atoms with Crippen LogP contribution in [-0.4, -0.2) is 21.8 Å². The maximum atomic E-state index is 13.8. The summed E-state index contributed by atoms with van der Waals surface area (Å²) in [5, 5.41) is 12.0. The van der Waals surface area contributed by atoms with Crippen LogP contribution in [0.2, 0.25) is 0 Å². The molecule has 0 saturated carbocycles. The number of para-hydroxylation sites is 2. The summed E-state index contributed by atoms with van der Waals surface area (Å²) in [4.78, 5) is 17.8. The second-order valence-electron chi connectivity index (χ2n) is 16.1. The van der Waals surface area contributed by atoms with Crippen molar-refractivity contribution in [2.45, 2.75) is 123 Å². The Morgan fingerprint density at radius 2 is 1.11 bits per heavy atom. The van der Waals surface area contributed by atoms with Gasteiger partial charge in [0.1, 0.15) is 5.57 Å². The summed E-state index contributed by atoms with van der Waals surface area (Å²) in [5.74, 6) is -1.96. The quantitative estimate of drug-likeness (QED) is 0.0577. The number of aromatic nitrogens is 1. The summed E-state index contributed by atoms with van der Waals surface area (Å²) < 4.78 is 43.9. The van der Waals surface area contributed by atoms with Crippen molar-refractivity contribution in [1.82, 2.24) is 4.57 Å². The number of aryl methyl sites for hydroxylation is 3. The van der Waals surface area contributed by atoms with Gasteiger partial charge >= 0.3 is 12.1 Å². The number of unbranched alkanes of at least 4 members (excludes halogenated alkanes) is 9. The molecule has 320 valence electrons. The van der Waals surface area contributed by atoms with Gasteiger partial charge in [-0.3, -0.25) is 0 Å². The molecule has 4 heterocycles. The monoisotopic (exact) mass is 879 g/mol. The van der Waals surface area contributed by atoms with Crippen LogP contribution in [0.25, 0.3) is 63.5 Å². The fourth-order valence-electron chi connectivity index (χ4n) is 8.42. The highest BCUT2D eigenvalue weighted by Gasteiger charge is 2.39. The number of thiophene rings is 3. The van der Waals surface area contributed by atoms with E-state index < -0.39 is 17.7 Å².